The van der Waals surface area contributed by atoms with E-state index >= 15 is 0 Å². The molecule has 25 heavy (non-hydrogen) atoms. The van der Waals surface area contributed by atoms with E-state index in [-0.39, 0.29) is 24.5 Å². The number of amides is 1. The van der Waals surface area contributed by atoms with E-state index in [0.29, 0.717) is 25.3 Å². The minimum atomic E-state index is -0.112. The summed E-state index contributed by atoms with van der Waals surface area (Å²) >= 11 is 0. The maximum absolute atomic E-state index is 12.8. The third kappa shape index (κ3) is 5.27. The molecule has 2 rings (SSSR count). The number of carbonyl (C=O) groups is 1. The Morgan fingerprint density at radius 1 is 1.40 bits per heavy atom. The Bertz CT molecular complexity index is 583. The van der Waals surface area contributed by atoms with Gasteiger partial charge in [0.2, 0.25) is 5.91 Å². The number of aliphatic hydroxyl groups is 1. The van der Waals surface area contributed by atoms with Gasteiger partial charge in [0.1, 0.15) is 0 Å². The van der Waals surface area contributed by atoms with Gasteiger partial charge in [0.15, 0.2) is 0 Å². The number of benzene rings is 1. The predicted molar refractivity (Wildman–Crippen MR) is 94.8 cm³/mol. The van der Waals surface area contributed by atoms with Crippen molar-refractivity contribution in [1.29, 1.82) is 5.26 Å². The van der Waals surface area contributed by atoms with Gasteiger partial charge in [-0.3, -0.25) is 4.79 Å². The lowest BCUT2D eigenvalue weighted by atomic mass is 9.91. The monoisotopic (exact) mass is 345 g/mol. The molecule has 1 aromatic carbocycles. The van der Waals surface area contributed by atoms with Gasteiger partial charge in [-0.15, -0.1) is 0 Å². The molecule has 0 aromatic heterocycles. The number of likely N-dealkylation sites (tertiary alicyclic amines) is 1. The fraction of sp³-hybridized carbons (Fsp3) is 0.579. The number of hydrogen-bond acceptors (Lipinski definition) is 5. The van der Waals surface area contributed by atoms with Crippen LogP contribution in [0.3, 0.4) is 0 Å². The first-order valence-electron chi connectivity index (χ1n) is 8.83. The number of rotatable bonds is 10. The van der Waals surface area contributed by atoms with Crippen molar-refractivity contribution in [2.24, 2.45) is 5.92 Å². The number of aliphatic hydroxyl groups excluding tert-OH is 1. The molecule has 0 unspecified atom stereocenters. The van der Waals surface area contributed by atoms with Crippen molar-refractivity contribution < 1.29 is 14.6 Å². The fourth-order valence-electron chi connectivity index (χ4n) is 3.28. The molecule has 1 aliphatic heterocycles. The Hall–Kier alpha value is -1.94. The molecular weight excluding hydrogens is 318 g/mol. The predicted octanol–water partition coefficient (Wildman–Crippen LogP) is 1.46. The van der Waals surface area contributed by atoms with Gasteiger partial charge < -0.3 is 20.1 Å². The van der Waals surface area contributed by atoms with Crippen molar-refractivity contribution >= 4 is 5.91 Å². The van der Waals surface area contributed by atoms with Crippen LogP contribution in [0.15, 0.2) is 24.3 Å². The first-order valence-corrected chi connectivity index (χ1v) is 8.83. The molecule has 2 N–H and O–H groups in total. The minimum Gasteiger partial charge on any atom is -0.396 e. The molecule has 136 valence electrons. The van der Waals surface area contributed by atoms with Crippen LogP contribution in [0, 0.1) is 17.2 Å². The molecule has 2 atom stereocenters. The van der Waals surface area contributed by atoms with Crippen molar-refractivity contribution in [2.45, 2.75) is 25.3 Å². The molecule has 0 bridgehead atoms. The first-order chi connectivity index (χ1) is 12.2. The quantitative estimate of drug-likeness (QED) is 0.627. The van der Waals surface area contributed by atoms with Crippen LogP contribution in [-0.4, -0.2) is 55.9 Å². The number of unbranched alkanes of at least 4 members (excludes halogenated alkanes) is 1. The summed E-state index contributed by atoms with van der Waals surface area (Å²) in [6.07, 6.45) is 2.36. The summed E-state index contributed by atoms with van der Waals surface area (Å²) in [5.41, 5.74) is 1.63. The van der Waals surface area contributed by atoms with E-state index in [1.165, 1.54) is 0 Å². The van der Waals surface area contributed by atoms with E-state index in [1.807, 2.05) is 17.0 Å². The molecule has 1 aromatic rings. The van der Waals surface area contributed by atoms with Gasteiger partial charge in [0.05, 0.1) is 24.2 Å². The molecule has 1 fully saturated rings. The maximum Gasteiger partial charge on any atom is 0.227 e. The average Bonchev–Trinajstić information content (AvgIpc) is 3.00. The molecule has 1 saturated heterocycles. The molecule has 0 radical (unpaired) electrons. The Balaban J connectivity index is 2.09. The molecular formula is C19H27N3O3. The van der Waals surface area contributed by atoms with E-state index in [4.69, 9.17) is 15.1 Å². The van der Waals surface area contributed by atoms with Crippen molar-refractivity contribution in [3.8, 4) is 6.07 Å². The summed E-state index contributed by atoms with van der Waals surface area (Å²) in [7, 11) is 1.65. The Morgan fingerprint density at radius 3 is 2.80 bits per heavy atom. The molecule has 6 heteroatoms. The molecule has 1 amide bonds. The van der Waals surface area contributed by atoms with Gasteiger partial charge in [0, 0.05) is 39.4 Å². The zero-order chi connectivity index (χ0) is 18.1. The third-order valence-corrected chi connectivity index (χ3v) is 4.65. The highest BCUT2D eigenvalue weighted by Gasteiger charge is 2.37. The normalized spacial score (nSPS) is 18.4. The van der Waals surface area contributed by atoms with E-state index in [9.17, 15) is 4.79 Å². The highest BCUT2D eigenvalue weighted by Crippen LogP contribution is 2.31. The summed E-state index contributed by atoms with van der Waals surface area (Å²) in [6.45, 7) is 2.86. The molecule has 0 spiro atoms. The second-order valence-electron chi connectivity index (χ2n) is 6.31. The van der Waals surface area contributed by atoms with E-state index < -0.39 is 0 Å². The summed E-state index contributed by atoms with van der Waals surface area (Å²) in [5, 5.41) is 21.3. The van der Waals surface area contributed by atoms with E-state index in [2.05, 4.69) is 11.4 Å². The Morgan fingerprint density at radius 2 is 2.16 bits per heavy atom. The number of ether oxygens (including phenoxy) is 1. The van der Waals surface area contributed by atoms with Crippen molar-refractivity contribution in [3.05, 3.63) is 35.4 Å². The van der Waals surface area contributed by atoms with E-state index in [0.717, 1.165) is 31.4 Å². The van der Waals surface area contributed by atoms with Gasteiger partial charge in [-0.25, -0.2) is 0 Å². The molecule has 0 saturated carbocycles. The lowest BCUT2D eigenvalue weighted by Gasteiger charge is -2.25. The largest absolute Gasteiger partial charge is 0.396 e. The summed E-state index contributed by atoms with van der Waals surface area (Å²) in [6, 6.07) is 9.46. The number of nitrogens with zero attached hydrogens (tertiary/aromatic N) is 2. The summed E-state index contributed by atoms with van der Waals surface area (Å²) < 4.78 is 5.12. The second-order valence-corrected chi connectivity index (χ2v) is 6.31. The number of nitrogens with one attached hydrogen (secondary N) is 1. The lowest BCUT2D eigenvalue weighted by Crippen LogP contribution is -2.36. The number of methoxy groups -OCH3 is 1. The molecule has 1 aliphatic rings. The second kappa shape index (κ2) is 10.1. The Kier molecular flexibility index (Phi) is 7.86. The van der Waals surface area contributed by atoms with Gasteiger partial charge in [-0.1, -0.05) is 12.1 Å². The van der Waals surface area contributed by atoms with Crippen LogP contribution >= 0.6 is 0 Å². The summed E-state index contributed by atoms with van der Waals surface area (Å²) in [5.74, 6) is 0.0520. The maximum atomic E-state index is 12.8. The highest BCUT2D eigenvalue weighted by molar-refractivity contribution is 5.81. The zero-order valence-electron chi connectivity index (χ0n) is 14.8. The Labute approximate surface area is 149 Å². The zero-order valence-corrected chi connectivity index (χ0v) is 14.8. The van der Waals surface area contributed by atoms with Crippen LogP contribution in [0.4, 0.5) is 0 Å². The molecule has 6 nitrogen and oxygen atoms in total. The summed E-state index contributed by atoms with van der Waals surface area (Å²) in [4.78, 5) is 14.7. The topological polar surface area (TPSA) is 85.6 Å². The number of hydrogen-bond donors (Lipinski definition) is 2. The molecule has 0 aliphatic carbocycles. The van der Waals surface area contributed by atoms with E-state index in [1.54, 1.807) is 19.2 Å². The van der Waals surface area contributed by atoms with Gasteiger partial charge >= 0.3 is 0 Å². The number of nitriles is 1. The highest BCUT2D eigenvalue weighted by atomic mass is 16.5. The van der Waals surface area contributed by atoms with Crippen LogP contribution in [0.25, 0.3) is 0 Å². The third-order valence-electron chi connectivity index (χ3n) is 4.65. The lowest BCUT2D eigenvalue weighted by molar-refractivity contribution is -0.131. The minimum absolute atomic E-state index is 0.0850. The SMILES string of the molecule is COCCN[C@H](c1ccc(C#N)cc1)[C@H]1CCN(CCCCO)C1=O. The van der Waals surface area contributed by atoms with Crippen LogP contribution in [0.2, 0.25) is 0 Å². The average molecular weight is 345 g/mol. The van der Waals surface area contributed by atoms with Crippen molar-refractivity contribution in [3.63, 3.8) is 0 Å². The van der Waals surface area contributed by atoms with Gasteiger partial charge in [-0.05, 0) is 37.0 Å². The van der Waals surface area contributed by atoms with Crippen molar-refractivity contribution in [1.82, 2.24) is 10.2 Å². The van der Waals surface area contributed by atoms with Crippen LogP contribution in [0.5, 0.6) is 0 Å². The first kappa shape index (κ1) is 19.4. The number of carbonyl (C=O) groups excluding carboxylic acids is 1. The molecule has 1 heterocycles. The van der Waals surface area contributed by atoms with Gasteiger partial charge in [0.25, 0.3) is 0 Å². The van der Waals surface area contributed by atoms with Crippen molar-refractivity contribution in [2.75, 3.05) is 40.0 Å². The fourth-order valence-corrected chi connectivity index (χ4v) is 3.28. The van der Waals surface area contributed by atoms with Crippen LogP contribution in [0.1, 0.15) is 36.4 Å². The van der Waals surface area contributed by atoms with Crippen LogP contribution in [-0.2, 0) is 9.53 Å². The van der Waals surface area contributed by atoms with Crippen LogP contribution < -0.4 is 5.32 Å². The smallest absolute Gasteiger partial charge is 0.227 e. The van der Waals surface area contributed by atoms with Gasteiger partial charge in [-0.2, -0.15) is 5.26 Å². The standard InChI is InChI=1S/C19H27N3O3/c1-25-13-9-21-18(16-6-4-15(14-20)5-7-16)17-8-11-22(19(17)24)10-2-3-12-23/h4-7,17-18,21,23H,2-3,8-13H2,1H3/t17-,18-/m1/s1.